The second-order valence-electron chi connectivity index (χ2n) is 2.84. The lowest BCUT2D eigenvalue weighted by molar-refractivity contribution is 0.279. The predicted molar refractivity (Wildman–Crippen MR) is 51.9 cm³/mol. The number of aliphatic hydroxyl groups is 2. The first-order valence-electron chi connectivity index (χ1n) is 4.20. The van der Waals surface area contributed by atoms with E-state index < -0.39 is 0 Å². The first-order chi connectivity index (χ1) is 5.70. The Morgan fingerprint density at radius 3 is 1.42 bits per heavy atom. The molecule has 0 aliphatic heterocycles. The van der Waals surface area contributed by atoms with Gasteiger partial charge in [-0.3, -0.25) is 0 Å². The molecule has 2 N–H and O–H groups in total. The van der Waals surface area contributed by atoms with Crippen molar-refractivity contribution in [2.24, 2.45) is 0 Å². The highest BCUT2D eigenvalue weighted by molar-refractivity contribution is 6.20. The van der Waals surface area contributed by atoms with Crippen LogP contribution in [0.3, 0.4) is 0 Å². The number of unbranched alkanes of at least 4 members (excludes halogenated alkanes) is 1. The van der Waals surface area contributed by atoms with E-state index in [1.807, 2.05) is 0 Å². The summed E-state index contributed by atoms with van der Waals surface area (Å²) in [6.07, 6.45) is 3.54. The van der Waals surface area contributed by atoms with Crippen LogP contribution in [0, 0.1) is 0 Å². The van der Waals surface area contributed by atoms with Crippen molar-refractivity contribution >= 4 is 23.2 Å². The van der Waals surface area contributed by atoms with Crippen LogP contribution in [-0.2, 0) is 0 Å². The fourth-order valence-corrected chi connectivity index (χ4v) is 1.22. The molecule has 0 radical (unpaired) electrons. The van der Waals surface area contributed by atoms with E-state index in [1.54, 1.807) is 0 Å². The minimum Gasteiger partial charge on any atom is -0.395 e. The van der Waals surface area contributed by atoms with E-state index in [0.717, 1.165) is 25.7 Å². The highest BCUT2D eigenvalue weighted by atomic mass is 35.5. The van der Waals surface area contributed by atoms with Crippen molar-refractivity contribution in [2.45, 2.75) is 36.4 Å². The number of aliphatic hydroxyl groups excluding tert-OH is 2. The van der Waals surface area contributed by atoms with E-state index in [0.29, 0.717) is 0 Å². The molecule has 2 atom stereocenters. The van der Waals surface area contributed by atoms with Crippen molar-refractivity contribution < 1.29 is 10.2 Å². The van der Waals surface area contributed by atoms with Crippen LogP contribution in [0.25, 0.3) is 0 Å². The summed E-state index contributed by atoms with van der Waals surface area (Å²) >= 11 is 11.4. The van der Waals surface area contributed by atoms with Crippen molar-refractivity contribution in [1.82, 2.24) is 0 Å². The zero-order chi connectivity index (χ0) is 9.40. The zero-order valence-corrected chi connectivity index (χ0v) is 8.56. The largest absolute Gasteiger partial charge is 0.395 e. The summed E-state index contributed by atoms with van der Waals surface area (Å²) in [5.41, 5.74) is 0. The van der Waals surface area contributed by atoms with Gasteiger partial charge in [0, 0.05) is 0 Å². The predicted octanol–water partition coefficient (Wildman–Crippen LogP) is 1.75. The van der Waals surface area contributed by atoms with Gasteiger partial charge in [0.05, 0.1) is 24.0 Å². The van der Waals surface area contributed by atoms with Crippen LogP contribution in [-0.4, -0.2) is 34.2 Å². The van der Waals surface area contributed by atoms with E-state index >= 15 is 0 Å². The van der Waals surface area contributed by atoms with Crippen molar-refractivity contribution in [3.05, 3.63) is 0 Å². The molecule has 0 rings (SSSR count). The fourth-order valence-electron chi connectivity index (χ4n) is 0.914. The average Bonchev–Trinajstić information content (AvgIpc) is 2.11. The average molecular weight is 215 g/mol. The highest BCUT2D eigenvalue weighted by Crippen LogP contribution is 2.12. The highest BCUT2D eigenvalue weighted by Gasteiger charge is 2.04. The van der Waals surface area contributed by atoms with Crippen LogP contribution in [0.15, 0.2) is 0 Å². The molecule has 0 saturated carbocycles. The normalized spacial score (nSPS) is 16.0. The van der Waals surface area contributed by atoms with Gasteiger partial charge in [0.25, 0.3) is 0 Å². The minimum atomic E-state index is -0.132. The quantitative estimate of drug-likeness (QED) is 0.501. The second-order valence-corrected chi connectivity index (χ2v) is 4.08. The summed E-state index contributed by atoms with van der Waals surface area (Å²) in [6, 6.07) is 0. The van der Waals surface area contributed by atoms with Crippen LogP contribution >= 0.6 is 23.2 Å². The van der Waals surface area contributed by atoms with Gasteiger partial charge in [-0.2, -0.15) is 0 Å². The van der Waals surface area contributed by atoms with Gasteiger partial charge in [-0.05, 0) is 12.8 Å². The molecule has 0 saturated heterocycles. The Balaban J connectivity index is 3.10. The lowest BCUT2D eigenvalue weighted by atomic mass is 10.1. The van der Waals surface area contributed by atoms with Gasteiger partial charge in [-0.1, -0.05) is 12.8 Å². The third-order valence-corrected chi connectivity index (χ3v) is 2.39. The molecule has 0 aliphatic rings. The molecule has 74 valence electrons. The number of alkyl halides is 2. The molecule has 12 heavy (non-hydrogen) atoms. The first kappa shape index (κ1) is 12.5. The SMILES string of the molecule is OCC(Cl)CCCCC(Cl)CO. The maximum absolute atomic E-state index is 8.59. The van der Waals surface area contributed by atoms with Crippen LogP contribution < -0.4 is 0 Å². The molecule has 0 heterocycles. The Morgan fingerprint density at radius 1 is 0.833 bits per heavy atom. The second kappa shape index (κ2) is 8.11. The summed E-state index contributed by atoms with van der Waals surface area (Å²) in [5, 5.41) is 16.9. The van der Waals surface area contributed by atoms with Gasteiger partial charge in [0.2, 0.25) is 0 Å². The summed E-state index contributed by atoms with van der Waals surface area (Å²) in [6.45, 7) is 0.0672. The molecule has 4 heteroatoms. The summed E-state index contributed by atoms with van der Waals surface area (Å²) in [5.74, 6) is 0. The number of hydrogen-bond donors (Lipinski definition) is 2. The van der Waals surface area contributed by atoms with E-state index in [4.69, 9.17) is 33.4 Å². The van der Waals surface area contributed by atoms with Crippen molar-refractivity contribution in [3.8, 4) is 0 Å². The molecule has 2 nitrogen and oxygen atoms in total. The maximum Gasteiger partial charge on any atom is 0.0595 e. The first-order valence-corrected chi connectivity index (χ1v) is 5.07. The van der Waals surface area contributed by atoms with Crippen LogP contribution in [0.2, 0.25) is 0 Å². The van der Waals surface area contributed by atoms with Gasteiger partial charge in [0.1, 0.15) is 0 Å². The Hall–Kier alpha value is 0.500. The van der Waals surface area contributed by atoms with Crippen molar-refractivity contribution in [1.29, 1.82) is 0 Å². The van der Waals surface area contributed by atoms with E-state index in [2.05, 4.69) is 0 Å². The summed E-state index contributed by atoms with van der Waals surface area (Å²) < 4.78 is 0. The van der Waals surface area contributed by atoms with Crippen molar-refractivity contribution in [3.63, 3.8) is 0 Å². The molecule has 0 fully saturated rings. The van der Waals surface area contributed by atoms with E-state index in [1.165, 1.54) is 0 Å². The molecule has 0 bridgehead atoms. The van der Waals surface area contributed by atoms with Gasteiger partial charge in [-0.15, -0.1) is 23.2 Å². The molecule has 0 amide bonds. The number of hydrogen-bond acceptors (Lipinski definition) is 2. The number of rotatable bonds is 7. The van der Waals surface area contributed by atoms with E-state index in [9.17, 15) is 0 Å². The molecule has 0 aliphatic carbocycles. The lowest BCUT2D eigenvalue weighted by Gasteiger charge is -2.07. The zero-order valence-electron chi connectivity index (χ0n) is 7.05. The van der Waals surface area contributed by atoms with Gasteiger partial charge < -0.3 is 10.2 Å². The smallest absolute Gasteiger partial charge is 0.0595 e. The topological polar surface area (TPSA) is 40.5 Å². The molecular formula is C8H16Cl2O2. The minimum absolute atomic E-state index is 0.0336. The molecule has 0 aromatic rings. The molecule has 0 aromatic carbocycles. The Bertz CT molecular complexity index is 89.1. The summed E-state index contributed by atoms with van der Waals surface area (Å²) in [7, 11) is 0. The molecule has 0 spiro atoms. The standard InChI is InChI=1S/C8H16Cl2O2/c9-7(5-11)3-1-2-4-8(10)6-12/h7-8,11-12H,1-6H2. The van der Waals surface area contributed by atoms with Crippen LogP contribution in [0.4, 0.5) is 0 Å². The number of halogens is 2. The summed E-state index contributed by atoms with van der Waals surface area (Å²) in [4.78, 5) is 0. The Morgan fingerprint density at radius 2 is 1.17 bits per heavy atom. The maximum atomic E-state index is 8.59. The molecule has 2 unspecified atom stereocenters. The monoisotopic (exact) mass is 214 g/mol. The lowest BCUT2D eigenvalue weighted by Crippen LogP contribution is -2.06. The van der Waals surface area contributed by atoms with Gasteiger partial charge in [0.15, 0.2) is 0 Å². The Labute approximate surface area is 83.5 Å². The van der Waals surface area contributed by atoms with Gasteiger partial charge >= 0.3 is 0 Å². The Kier molecular flexibility index (Phi) is 8.45. The van der Waals surface area contributed by atoms with E-state index in [-0.39, 0.29) is 24.0 Å². The third-order valence-electron chi connectivity index (χ3n) is 1.68. The van der Waals surface area contributed by atoms with Crippen LogP contribution in [0.5, 0.6) is 0 Å². The fraction of sp³-hybridized carbons (Fsp3) is 1.00. The third kappa shape index (κ3) is 7.17. The van der Waals surface area contributed by atoms with Gasteiger partial charge in [-0.25, -0.2) is 0 Å². The van der Waals surface area contributed by atoms with Crippen LogP contribution in [0.1, 0.15) is 25.7 Å². The van der Waals surface area contributed by atoms with Crippen molar-refractivity contribution in [2.75, 3.05) is 13.2 Å². The molecular weight excluding hydrogens is 199 g/mol. The molecule has 0 aromatic heterocycles.